The van der Waals surface area contributed by atoms with Gasteiger partial charge in [-0.1, -0.05) is 38.1 Å². The lowest BCUT2D eigenvalue weighted by atomic mass is 10.0. The first-order valence-corrected chi connectivity index (χ1v) is 7.61. The number of carbonyl (C=O) groups excluding carboxylic acids is 1. The highest BCUT2D eigenvalue weighted by atomic mass is 16.5. The molecule has 0 radical (unpaired) electrons. The Bertz CT molecular complexity index is 709. The molecular weight excluding hydrogens is 294 g/mol. The third-order valence-electron chi connectivity index (χ3n) is 3.52. The van der Waals surface area contributed by atoms with Crippen LogP contribution in [0.25, 0.3) is 10.8 Å². The zero-order valence-electron chi connectivity index (χ0n) is 13.3. The van der Waals surface area contributed by atoms with Crippen molar-refractivity contribution in [3.05, 3.63) is 42.0 Å². The number of rotatable bonds is 7. The van der Waals surface area contributed by atoms with Crippen molar-refractivity contribution in [2.75, 3.05) is 13.2 Å². The molecule has 2 aromatic rings. The van der Waals surface area contributed by atoms with E-state index in [2.05, 4.69) is 5.32 Å². The molecule has 0 saturated carbocycles. The summed E-state index contributed by atoms with van der Waals surface area (Å²) < 4.78 is 5.24. The van der Waals surface area contributed by atoms with Gasteiger partial charge in [0, 0.05) is 12.5 Å². The minimum atomic E-state index is -1.00. The van der Waals surface area contributed by atoms with Crippen LogP contribution in [0.1, 0.15) is 19.4 Å². The van der Waals surface area contributed by atoms with E-state index in [-0.39, 0.29) is 18.4 Å². The van der Waals surface area contributed by atoms with Gasteiger partial charge in [-0.05, 0) is 34.9 Å². The molecule has 5 heteroatoms. The first kappa shape index (κ1) is 16.8. The van der Waals surface area contributed by atoms with Gasteiger partial charge in [-0.3, -0.25) is 4.79 Å². The zero-order chi connectivity index (χ0) is 16.8. The van der Waals surface area contributed by atoms with Gasteiger partial charge in [0.15, 0.2) is 6.61 Å². The average Bonchev–Trinajstić information content (AvgIpc) is 2.52. The summed E-state index contributed by atoms with van der Waals surface area (Å²) in [6.45, 7) is 3.92. The zero-order valence-corrected chi connectivity index (χ0v) is 13.3. The SMILES string of the molecule is CC(C)C(=O)NCCc1cccc2ccc(OCC(=O)O)cc12. The normalized spacial score (nSPS) is 10.7. The van der Waals surface area contributed by atoms with Crippen molar-refractivity contribution in [2.45, 2.75) is 20.3 Å². The van der Waals surface area contributed by atoms with E-state index in [0.717, 1.165) is 16.3 Å². The van der Waals surface area contributed by atoms with Crippen molar-refractivity contribution in [1.82, 2.24) is 5.32 Å². The fourth-order valence-corrected chi connectivity index (χ4v) is 2.29. The van der Waals surface area contributed by atoms with Crippen LogP contribution < -0.4 is 10.1 Å². The van der Waals surface area contributed by atoms with Crippen LogP contribution >= 0.6 is 0 Å². The van der Waals surface area contributed by atoms with Crippen molar-refractivity contribution in [3.63, 3.8) is 0 Å². The summed E-state index contributed by atoms with van der Waals surface area (Å²) in [5.74, 6) is -0.470. The van der Waals surface area contributed by atoms with Gasteiger partial charge in [-0.15, -0.1) is 0 Å². The van der Waals surface area contributed by atoms with Crippen LogP contribution in [0.4, 0.5) is 0 Å². The lowest BCUT2D eigenvalue weighted by Crippen LogP contribution is -2.29. The molecule has 0 saturated heterocycles. The van der Waals surface area contributed by atoms with E-state index in [9.17, 15) is 9.59 Å². The lowest BCUT2D eigenvalue weighted by Gasteiger charge is -2.11. The predicted molar refractivity (Wildman–Crippen MR) is 88.6 cm³/mol. The summed E-state index contributed by atoms with van der Waals surface area (Å²) in [7, 11) is 0. The van der Waals surface area contributed by atoms with Gasteiger partial charge in [0.25, 0.3) is 0 Å². The number of nitrogens with one attached hydrogen (secondary N) is 1. The molecule has 0 heterocycles. The smallest absolute Gasteiger partial charge is 0.341 e. The van der Waals surface area contributed by atoms with E-state index >= 15 is 0 Å². The highest BCUT2D eigenvalue weighted by Gasteiger charge is 2.07. The third kappa shape index (κ3) is 4.71. The number of ether oxygens (including phenoxy) is 1. The molecule has 0 aliphatic carbocycles. The largest absolute Gasteiger partial charge is 0.482 e. The summed E-state index contributed by atoms with van der Waals surface area (Å²) in [6, 6.07) is 11.5. The molecule has 0 aliphatic heterocycles. The van der Waals surface area contributed by atoms with Gasteiger partial charge in [-0.2, -0.15) is 0 Å². The van der Waals surface area contributed by atoms with Crippen molar-refractivity contribution in [3.8, 4) is 5.75 Å². The predicted octanol–water partition coefficient (Wildman–Crippen LogP) is 2.62. The molecule has 0 spiro atoms. The van der Waals surface area contributed by atoms with Crippen molar-refractivity contribution < 1.29 is 19.4 Å². The molecular formula is C18H21NO4. The number of aliphatic carboxylic acids is 1. The Morgan fingerprint density at radius 1 is 1.22 bits per heavy atom. The average molecular weight is 315 g/mol. The van der Waals surface area contributed by atoms with Crippen molar-refractivity contribution in [2.24, 2.45) is 5.92 Å². The quantitative estimate of drug-likeness (QED) is 0.823. The molecule has 1 amide bonds. The number of carboxylic acid groups (broad SMARTS) is 1. The van der Waals surface area contributed by atoms with Gasteiger partial charge in [0.1, 0.15) is 5.75 Å². The fraction of sp³-hybridized carbons (Fsp3) is 0.333. The summed E-state index contributed by atoms with van der Waals surface area (Å²) in [5.41, 5.74) is 1.09. The van der Waals surface area contributed by atoms with Gasteiger partial charge in [0.2, 0.25) is 5.91 Å². The number of hydrogen-bond donors (Lipinski definition) is 2. The molecule has 0 atom stereocenters. The lowest BCUT2D eigenvalue weighted by molar-refractivity contribution is -0.139. The van der Waals surface area contributed by atoms with E-state index in [4.69, 9.17) is 9.84 Å². The number of amides is 1. The van der Waals surface area contributed by atoms with Crippen LogP contribution in [-0.4, -0.2) is 30.1 Å². The molecule has 0 bridgehead atoms. The Hall–Kier alpha value is -2.56. The molecule has 5 nitrogen and oxygen atoms in total. The third-order valence-corrected chi connectivity index (χ3v) is 3.52. The number of benzene rings is 2. The van der Waals surface area contributed by atoms with Crippen LogP contribution in [0.5, 0.6) is 5.75 Å². The molecule has 0 fully saturated rings. The molecule has 0 aliphatic rings. The molecule has 2 aromatic carbocycles. The summed E-state index contributed by atoms with van der Waals surface area (Å²) in [6.07, 6.45) is 0.707. The maximum atomic E-state index is 11.6. The number of carboxylic acids is 1. The van der Waals surface area contributed by atoms with Crippen LogP contribution in [0.2, 0.25) is 0 Å². The van der Waals surface area contributed by atoms with E-state index in [1.807, 2.05) is 44.2 Å². The Morgan fingerprint density at radius 2 is 2.00 bits per heavy atom. The Balaban J connectivity index is 2.13. The first-order chi connectivity index (χ1) is 11.0. The highest BCUT2D eigenvalue weighted by Crippen LogP contribution is 2.24. The second-order valence-electron chi connectivity index (χ2n) is 5.68. The number of fused-ring (bicyclic) bond motifs is 1. The van der Waals surface area contributed by atoms with Crippen molar-refractivity contribution in [1.29, 1.82) is 0 Å². The van der Waals surface area contributed by atoms with E-state index in [1.165, 1.54) is 0 Å². The summed E-state index contributed by atoms with van der Waals surface area (Å²) >= 11 is 0. The van der Waals surface area contributed by atoms with Crippen LogP contribution in [0.3, 0.4) is 0 Å². The standard InChI is InChI=1S/C18H21NO4/c1-12(2)18(22)19-9-8-14-5-3-4-13-6-7-15(10-16(13)14)23-11-17(20)21/h3-7,10,12H,8-9,11H2,1-2H3,(H,19,22)(H,20,21). The molecule has 2 rings (SSSR count). The highest BCUT2D eigenvalue weighted by molar-refractivity contribution is 5.87. The number of hydrogen-bond acceptors (Lipinski definition) is 3. The Morgan fingerprint density at radius 3 is 2.70 bits per heavy atom. The van der Waals surface area contributed by atoms with Gasteiger partial charge in [0.05, 0.1) is 0 Å². The van der Waals surface area contributed by atoms with Gasteiger partial charge in [-0.25, -0.2) is 4.79 Å². The molecule has 0 unspecified atom stereocenters. The first-order valence-electron chi connectivity index (χ1n) is 7.61. The van der Waals surface area contributed by atoms with Crippen LogP contribution in [0.15, 0.2) is 36.4 Å². The summed E-state index contributed by atoms with van der Waals surface area (Å²) in [5, 5.41) is 13.7. The maximum absolute atomic E-state index is 11.6. The minimum Gasteiger partial charge on any atom is -0.482 e. The topological polar surface area (TPSA) is 75.6 Å². The van der Waals surface area contributed by atoms with Crippen LogP contribution in [0, 0.1) is 5.92 Å². The molecule has 23 heavy (non-hydrogen) atoms. The summed E-state index contributed by atoms with van der Waals surface area (Å²) in [4.78, 5) is 22.2. The van der Waals surface area contributed by atoms with E-state index < -0.39 is 5.97 Å². The van der Waals surface area contributed by atoms with E-state index in [0.29, 0.717) is 18.7 Å². The fourth-order valence-electron chi connectivity index (χ4n) is 2.29. The Labute approximate surface area is 135 Å². The monoisotopic (exact) mass is 315 g/mol. The second kappa shape index (κ2) is 7.63. The van der Waals surface area contributed by atoms with Gasteiger partial charge >= 0.3 is 5.97 Å². The van der Waals surface area contributed by atoms with Crippen molar-refractivity contribution >= 4 is 22.6 Å². The number of carbonyl (C=O) groups is 2. The van der Waals surface area contributed by atoms with Gasteiger partial charge < -0.3 is 15.2 Å². The molecule has 2 N–H and O–H groups in total. The molecule has 122 valence electrons. The minimum absolute atomic E-state index is 0.0291. The van der Waals surface area contributed by atoms with E-state index in [1.54, 1.807) is 6.07 Å². The Kier molecular flexibility index (Phi) is 5.57. The molecule has 0 aromatic heterocycles. The second-order valence-corrected chi connectivity index (χ2v) is 5.68. The van der Waals surface area contributed by atoms with Crippen LogP contribution in [-0.2, 0) is 16.0 Å². The maximum Gasteiger partial charge on any atom is 0.341 e.